The van der Waals surface area contributed by atoms with E-state index in [-0.39, 0.29) is 30.2 Å². The molecule has 0 aliphatic heterocycles. The minimum atomic E-state index is -0.901. The molecular formula is C26H28FO4. The summed E-state index contributed by atoms with van der Waals surface area (Å²) in [6, 6.07) is 11.9. The van der Waals surface area contributed by atoms with E-state index in [0.29, 0.717) is 29.7 Å². The summed E-state index contributed by atoms with van der Waals surface area (Å²) in [5.74, 6) is -1.24. The summed E-state index contributed by atoms with van der Waals surface area (Å²) in [5.41, 5.74) is 4.21. The third-order valence-electron chi connectivity index (χ3n) is 6.70. The van der Waals surface area contributed by atoms with Crippen molar-refractivity contribution in [3.63, 3.8) is 0 Å². The molecule has 3 atom stereocenters. The number of rotatable bonds is 7. The van der Waals surface area contributed by atoms with Gasteiger partial charge in [-0.25, -0.2) is 4.39 Å². The Morgan fingerprint density at radius 3 is 2.61 bits per heavy atom. The van der Waals surface area contributed by atoms with Crippen molar-refractivity contribution in [2.24, 2.45) is 11.8 Å². The van der Waals surface area contributed by atoms with Gasteiger partial charge in [-0.3, -0.25) is 4.79 Å². The van der Waals surface area contributed by atoms with Crippen LogP contribution in [0.15, 0.2) is 53.6 Å². The van der Waals surface area contributed by atoms with Gasteiger partial charge in [0.25, 0.3) is 0 Å². The average Bonchev–Trinajstić information content (AvgIpc) is 3.50. The molecular weight excluding hydrogens is 395 g/mol. The van der Waals surface area contributed by atoms with Crippen LogP contribution in [0.2, 0.25) is 0 Å². The Labute approximate surface area is 182 Å². The second-order valence-electron chi connectivity index (χ2n) is 8.68. The molecule has 4 nitrogen and oxygen atoms in total. The maximum atomic E-state index is 13.8. The van der Waals surface area contributed by atoms with Gasteiger partial charge in [-0.1, -0.05) is 23.8 Å². The number of hydrogen-bond donors (Lipinski definition) is 2. The molecule has 4 rings (SSSR count). The largest absolute Gasteiger partial charge is 0.497 e. The fraction of sp³-hybridized carbons (Fsp3) is 0.385. The molecule has 0 aromatic heterocycles. The number of aliphatic carboxylic acids is 1. The van der Waals surface area contributed by atoms with Gasteiger partial charge in [0.15, 0.2) is 0 Å². The van der Waals surface area contributed by atoms with Gasteiger partial charge in [-0.2, -0.15) is 0 Å². The van der Waals surface area contributed by atoms with Crippen LogP contribution in [0, 0.1) is 24.6 Å². The van der Waals surface area contributed by atoms with Crippen molar-refractivity contribution in [1.29, 1.82) is 0 Å². The first-order valence-corrected chi connectivity index (χ1v) is 10.7. The monoisotopic (exact) mass is 423 g/mol. The van der Waals surface area contributed by atoms with E-state index in [9.17, 15) is 19.4 Å². The number of carboxylic acids is 1. The zero-order valence-electron chi connectivity index (χ0n) is 17.7. The molecule has 0 heterocycles. The lowest BCUT2D eigenvalue weighted by Crippen LogP contribution is -2.18. The van der Waals surface area contributed by atoms with Crippen LogP contribution in [-0.2, 0) is 4.79 Å². The number of carbonyl (C=O) groups is 1. The fourth-order valence-electron chi connectivity index (χ4n) is 5.05. The summed E-state index contributed by atoms with van der Waals surface area (Å²) in [6.07, 6.45) is 3.20. The second kappa shape index (κ2) is 8.83. The SMILES string of the molecule is [CH2]c1ccc(OC)cc1C(C(=O)O)/C(=C1/CC(CO)C(c2cccc(F)c2)C1)C1CC1. The molecule has 0 amide bonds. The number of allylic oxidation sites excluding steroid dienone is 1. The van der Waals surface area contributed by atoms with Crippen molar-refractivity contribution in [2.45, 2.75) is 37.5 Å². The molecule has 2 aromatic rings. The van der Waals surface area contributed by atoms with Crippen LogP contribution in [-0.4, -0.2) is 29.9 Å². The lowest BCUT2D eigenvalue weighted by Gasteiger charge is -2.22. The van der Waals surface area contributed by atoms with Gasteiger partial charge in [0.05, 0.1) is 7.11 Å². The molecule has 0 bridgehead atoms. The number of aliphatic hydroxyl groups excluding tert-OH is 1. The normalized spacial score (nSPS) is 23.5. The molecule has 2 saturated carbocycles. The van der Waals surface area contributed by atoms with Crippen LogP contribution in [0.3, 0.4) is 0 Å². The van der Waals surface area contributed by atoms with Crippen molar-refractivity contribution in [2.75, 3.05) is 13.7 Å². The molecule has 0 spiro atoms. The summed E-state index contributed by atoms with van der Waals surface area (Å²) >= 11 is 0. The molecule has 2 fully saturated rings. The predicted octanol–water partition coefficient (Wildman–Crippen LogP) is 5.08. The van der Waals surface area contributed by atoms with Crippen LogP contribution in [0.1, 0.15) is 54.2 Å². The van der Waals surface area contributed by atoms with Gasteiger partial charge in [-0.05, 0) is 96.9 Å². The minimum Gasteiger partial charge on any atom is -0.497 e. The van der Waals surface area contributed by atoms with E-state index in [4.69, 9.17) is 4.74 Å². The molecule has 5 heteroatoms. The standard InChI is InChI=1S/C26H28FO4/c1-15-6-9-21(31-2)13-22(15)25(26(29)30)24(16-7-8-16)18-10-19(14-28)23(12-18)17-4-3-5-20(27)11-17/h3-6,9,11,13,16,19,23,25,28H,1,7-8,10,12,14H2,2H3,(H,29,30)/b24-18-. The van der Waals surface area contributed by atoms with Crippen LogP contribution in [0.5, 0.6) is 5.75 Å². The highest BCUT2D eigenvalue weighted by Gasteiger charge is 2.42. The molecule has 3 unspecified atom stereocenters. The van der Waals surface area contributed by atoms with Crippen molar-refractivity contribution >= 4 is 5.97 Å². The summed E-state index contributed by atoms with van der Waals surface area (Å²) in [7, 11) is 1.56. The van der Waals surface area contributed by atoms with Crippen LogP contribution < -0.4 is 4.74 Å². The lowest BCUT2D eigenvalue weighted by atomic mass is 9.82. The van der Waals surface area contributed by atoms with Crippen molar-refractivity contribution < 1.29 is 24.1 Å². The highest BCUT2D eigenvalue weighted by Crippen LogP contribution is 2.52. The Balaban J connectivity index is 1.79. The Bertz CT molecular complexity index is 1010. The van der Waals surface area contributed by atoms with E-state index in [1.165, 1.54) is 12.1 Å². The molecule has 2 aliphatic carbocycles. The quantitative estimate of drug-likeness (QED) is 0.610. The molecule has 163 valence electrons. The summed E-state index contributed by atoms with van der Waals surface area (Å²) in [4.78, 5) is 12.5. The number of benzene rings is 2. The first-order chi connectivity index (χ1) is 14.9. The summed E-state index contributed by atoms with van der Waals surface area (Å²) in [6.45, 7) is 4.05. The van der Waals surface area contributed by atoms with E-state index < -0.39 is 11.9 Å². The number of aliphatic hydroxyl groups is 1. The Kier molecular flexibility index (Phi) is 6.15. The molecule has 31 heavy (non-hydrogen) atoms. The first-order valence-electron chi connectivity index (χ1n) is 10.7. The van der Waals surface area contributed by atoms with E-state index >= 15 is 0 Å². The van der Waals surface area contributed by atoms with Crippen LogP contribution in [0.25, 0.3) is 0 Å². The Morgan fingerprint density at radius 2 is 2.00 bits per heavy atom. The van der Waals surface area contributed by atoms with Crippen LogP contribution in [0.4, 0.5) is 4.39 Å². The van der Waals surface area contributed by atoms with Gasteiger partial charge in [0, 0.05) is 6.61 Å². The van der Waals surface area contributed by atoms with Crippen LogP contribution >= 0.6 is 0 Å². The van der Waals surface area contributed by atoms with Gasteiger partial charge in [-0.15, -0.1) is 0 Å². The topological polar surface area (TPSA) is 66.8 Å². The highest BCUT2D eigenvalue weighted by molar-refractivity contribution is 5.82. The summed E-state index contributed by atoms with van der Waals surface area (Å²) < 4.78 is 19.2. The maximum Gasteiger partial charge on any atom is 0.315 e. The predicted molar refractivity (Wildman–Crippen MR) is 117 cm³/mol. The van der Waals surface area contributed by atoms with E-state index in [1.54, 1.807) is 31.4 Å². The van der Waals surface area contributed by atoms with Crippen molar-refractivity contribution in [3.8, 4) is 5.75 Å². The first kappa shape index (κ1) is 21.6. The average molecular weight is 424 g/mol. The van der Waals surface area contributed by atoms with E-state index in [0.717, 1.165) is 29.6 Å². The smallest absolute Gasteiger partial charge is 0.315 e. The van der Waals surface area contributed by atoms with Gasteiger partial charge in [0.2, 0.25) is 0 Å². The third-order valence-corrected chi connectivity index (χ3v) is 6.70. The Morgan fingerprint density at radius 1 is 1.23 bits per heavy atom. The third kappa shape index (κ3) is 4.38. The van der Waals surface area contributed by atoms with E-state index in [2.05, 4.69) is 6.92 Å². The molecule has 2 aliphatic rings. The lowest BCUT2D eigenvalue weighted by molar-refractivity contribution is -0.137. The number of halogens is 1. The molecule has 2 N–H and O–H groups in total. The molecule has 0 saturated heterocycles. The Hall–Kier alpha value is -2.66. The number of hydrogen-bond acceptors (Lipinski definition) is 3. The van der Waals surface area contributed by atoms with Crippen molar-refractivity contribution in [1.82, 2.24) is 0 Å². The number of ether oxygens (including phenoxy) is 1. The van der Waals surface area contributed by atoms with Gasteiger partial charge >= 0.3 is 5.97 Å². The van der Waals surface area contributed by atoms with E-state index in [1.807, 2.05) is 6.07 Å². The van der Waals surface area contributed by atoms with Gasteiger partial charge < -0.3 is 14.9 Å². The molecule has 1 radical (unpaired) electrons. The maximum absolute atomic E-state index is 13.8. The van der Waals surface area contributed by atoms with Crippen molar-refractivity contribution in [3.05, 3.63) is 83.0 Å². The zero-order valence-corrected chi connectivity index (χ0v) is 17.7. The molecule has 2 aromatic carbocycles. The van der Waals surface area contributed by atoms with Gasteiger partial charge in [0.1, 0.15) is 17.5 Å². The number of methoxy groups -OCH3 is 1. The zero-order chi connectivity index (χ0) is 22.1. The fourth-order valence-corrected chi connectivity index (χ4v) is 5.05. The minimum absolute atomic E-state index is 0.0138. The second-order valence-corrected chi connectivity index (χ2v) is 8.68. The highest BCUT2D eigenvalue weighted by atomic mass is 19.1. The summed E-state index contributed by atoms with van der Waals surface area (Å²) in [5, 5.41) is 20.3. The number of carboxylic acid groups (broad SMARTS) is 1.